The van der Waals surface area contributed by atoms with Crippen LogP contribution in [0.4, 0.5) is 4.79 Å². The average Bonchev–Trinajstić information content (AvgIpc) is 2.57. The minimum atomic E-state index is -0.420. The smallest absolute Gasteiger partial charge is 0.408 e. The maximum atomic E-state index is 11.7. The van der Waals surface area contributed by atoms with E-state index < -0.39 is 5.60 Å². The van der Waals surface area contributed by atoms with E-state index in [4.69, 9.17) is 4.74 Å². The number of carbonyl (C=O) groups is 1. The Hall–Kier alpha value is -0.770. The van der Waals surface area contributed by atoms with E-state index in [1.54, 1.807) is 0 Å². The van der Waals surface area contributed by atoms with Gasteiger partial charge in [-0.25, -0.2) is 4.79 Å². The number of piperidine rings is 1. The Morgan fingerprint density at radius 1 is 1.50 bits per heavy atom. The second-order valence-electron chi connectivity index (χ2n) is 6.29. The highest BCUT2D eigenvalue weighted by atomic mass is 16.6. The number of hydrogen-bond donors (Lipinski definition) is 2. The minimum absolute atomic E-state index is 0.0851. The Labute approximate surface area is 97.1 Å². The van der Waals surface area contributed by atoms with Crippen LogP contribution in [0.5, 0.6) is 0 Å². The molecule has 0 spiro atoms. The van der Waals surface area contributed by atoms with Crippen LogP contribution in [0.3, 0.4) is 0 Å². The third-order valence-electron chi connectivity index (χ3n) is 3.58. The molecule has 16 heavy (non-hydrogen) atoms. The normalized spacial score (nSPS) is 37.5. The lowest BCUT2D eigenvalue weighted by molar-refractivity contribution is 0.0430. The summed E-state index contributed by atoms with van der Waals surface area (Å²) in [6, 6.07) is 0.574. The molecule has 0 aromatic rings. The number of fused-ring (bicyclic) bond motifs is 2. The highest BCUT2D eigenvalue weighted by Gasteiger charge is 2.49. The topological polar surface area (TPSA) is 50.4 Å². The van der Waals surface area contributed by atoms with E-state index >= 15 is 0 Å². The molecule has 2 aliphatic rings. The van der Waals surface area contributed by atoms with Gasteiger partial charge in [0.2, 0.25) is 0 Å². The molecule has 92 valence electrons. The number of amides is 1. The fourth-order valence-electron chi connectivity index (χ4n) is 2.83. The summed E-state index contributed by atoms with van der Waals surface area (Å²) in [5.74, 6) is 0.546. The zero-order valence-electron chi connectivity index (χ0n) is 10.6. The molecular weight excluding hydrogens is 204 g/mol. The fraction of sp³-hybridized carbons (Fsp3) is 0.917. The van der Waals surface area contributed by atoms with Gasteiger partial charge in [0.25, 0.3) is 0 Å². The summed E-state index contributed by atoms with van der Waals surface area (Å²) in [6.07, 6.45) is 1.89. The molecule has 1 saturated heterocycles. The lowest BCUT2D eigenvalue weighted by atomic mass is 9.88. The van der Waals surface area contributed by atoms with Crippen molar-refractivity contribution < 1.29 is 9.53 Å². The highest BCUT2D eigenvalue weighted by Crippen LogP contribution is 2.39. The Morgan fingerprint density at radius 3 is 2.62 bits per heavy atom. The number of nitrogens with one attached hydrogen (secondary N) is 2. The van der Waals surface area contributed by atoms with Crippen LogP contribution in [0.2, 0.25) is 0 Å². The van der Waals surface area contributed by atoms with Crippen LogP contribution < -0.4 is 10.6 Å². The van der Waals surface area contributed by atoms with Crippen LogP contribution in [-0.2, 0) is 4.74 Å². The third kappa shape index (κ3) is 2.32. The number of rotatable bonds is 1. The lowest BCUT2D eigenvalue weighted by Crippen LogP contribution is -2.54. The molecule has 2 N–H and O–H groups in total. The van der Waals surface area contributed by atoms with Crippen molar-refractivity contribution in [2.24, 2.45) is 5.92 Å². The molecule has 3 unspecified atom stereocenters. The highest BCUT2D eigenvalue weighted by molar-refractivity contribution is 5.69. The summed E-state index contributed by atoms with van der Waals surface area (Å²) in [5, 5.41) is 6.48. The molecule has 4 nitrogen and oxygen atoms in total. The van der Waals surface area contributed by atoms with Crippen molar-refractivity contribution in [3.8, 4) is 0 Å². The van der Waals surface area contributed by atoms with E-state index in [0.29, 0.717) is 12.0 Å². The molecule has 3 atom stereocenters. The van der Waals surface area contributed by atoms with Gasteiger partial charge < -0.3 is 15.4 Å². The fourth-order valence-corrected chi connectivity index (χ4v) is 2.83. The quantitative estimate of drug-likeness (QED) is 0.715. The zero-order chi connectivity index (χ0) is 12.0. The Kier molecular flexibility index (Phi) is 2.65. The van der Waals surface area contributed by atoms with Crippen LogP contribution >= 0.6 is 0 Å². The van der Waals surface area contributed by atoms with Crippen LogP contribution in [0, 0.1) is 5.92 Å². The van der Waals surface area contributed by atoms with Crippen LogP contribution in [-0.4, -0.2) is 29.8 Å². The van der Waals surface area contributed by atoms with Crippen molar-refractivity contribution in [3.63, 3.8) is 0 Å². The summed E-state index contributed by atoms with van der Waals surface area (Å²) in [4.78, 5) is 11.7. The maximum absolute atomic E-state index is 11.7. The number of alkyl carbamates (subject to hydrolysis) is 1. The molecule has 2 bridgehead atoms. The lowest BCUT2D eigenvalue weighted by Gasteiger charge is -2.35. The van der Waals surface area contributed by atoms with E-state index in [2.05, 4.69) is 17.6 Å². The van der Waals surface area contributed by atoms with Gasteiger partial charge in [0.1, 0.15) is 5.60 Å². The standard InChI is InChI=1S/C12H22N2O2/c1-11(2,3)16-10(15)14-12(4)6-9-5-8(12)7-13-9/h8-9,13H,5-7H2,1-4H3,(H,14,15). The molecule has 1 heterocycles. The van der Waals surface area contributed by atoms with Crippen LogP contribution in [0.15, 0.2) is 0 Å². The second-order valence-corrected chi connectivity index (χ2v) is 6.29. The predicted octanol–water partition coefficient (Wildman–Crippen LogP) is 1.65. The van der Waals surface area contributed by atoms with E-state index in [0.717, 1.165) is 13.0 Å². The Bertz CT molecular complexity index is 298. The largest absolute Gasteiger partial charge is 0.444 e. The van der Waals surface area contributed by atoms with Crippen molar-refractivity contribution in [2.45, 2.75) is 57.7 Å². The van der Waals surface area contributed by atoms with Crippen LogP contribution in [0.1, 0.15) is 40.5 Å². The van der Waals surface area contributed by atoms with Crippen molar-refractivity contribution in [2.75, 3.05) is 6.54 Å². The molecule has 0 aromatic carbocycles. The number of hydrogen-bond acceptors (Lipinski definition) is 3. The van der Waals surface area contributed by atoms with Gasteiger partial charge in [0.05, 0.1) is 0 Å². The molecule has 1 aliphatic carbocycles. The van der Waals surface area contributed by atoms with Crippen molar-refractivity contribution in [1.82, 2.24) is 10.6 Å². The van der Waals surface area contributed by atoms with Gasteiger partial charge in [-0.05, 0) is 46.5 Å². The molecule has 2 fully saturated rings. The van der Waals surface area contributed by atoms with Gasteiger partial charge in [-0.15, -0.1) is 0 Å². The monoisotopic (exact) mass is 226 g/mol. The van der Waals surface area contributed by atoms with Gasteiger partial charge in [0, 0.05) is 18.1 Å². The van der Waals surface area contributed by atoms with Gasteiger partial charge in [-0.1, -0.05) is 0 Å². The first-order valence-corrected chi connectivity index (χ1v) is 6.03. The first-order valence-electron chi connectivity index (χ1n) is 6.03. The summed E-state index contributed by atoms with van der Waals surface area (Å²) >= 11 is 0. The average molecular weight is 226 g/mol. The predicted molar refractivity (Wildman–Crippen MR) is 62.3 cm³/mol. The van der Waals surface area contributed by atoms with E-state index in [-0.39, 0.29) is 11.6 Å². The third-order valence-corrected chi connectivity index (χ3v) is 3.58. The van der Waals surface area contributed by atoms with E-state index in [1.807, 2.05) is 20.8 Å². The van der Waals surface area contributed by atoms with E-state index in [9.17, 15) is 4.79 Å². The van der Waals surface area contributed by atoms with Crippen molar-refractivity contribution in [3.05, 3.63) is 0 Å². The van der Waals surface area contributed by atoms with Gasteiger partial charge in [-0.3, -0.25) is 0 Å². The Balaban J connectivity index is 1.92. The molecule has 0 aromatic heterocycles. The molecule has 0 radical (unpaired) electrons. The van der Waals surface area contributed by atoms with Crippen molar-refractivity contribution in [1.29, 1.82) is 0 Å². The first kappa shape index (κ1) is 11.7. The molecule has 2 rings (SSSR count). The SMILES string of the molecule is CC(C)(C)OC(=O)NC1(C)CC2CC1CN2. The summed E-state index contributed by atoms with van der Waals surface area (Å²) in [7, 11) is 0. The maximum Gasteiger partial charge on any atom is 0.408 e. The van der Waals surface area contributed by atoms with Gasteiger partial charge >= 0.3 is 6.09 Å². The van der Waals surface area contributed by atoms with Gasteiger partial charge in [0.15, 0.2) is 0 Å². The molecule has 1 aliphatic heterocycles. The van der Waals surface area contributed by atoms with E-state index in [1.165, 1.54) is 6.42 Å². The van der Waals surface area contributed by atoms with Crippen LogP contribution in [0.25, 0.3) is 0 Å². The van der Waals surface area contributed by atoms with Crippen molar-refractivity contribution >= 4 is 6.09 Å². The molecule has 1 amide bonds. The summed E-state index contributed by atoms with van der Waals surface area (Å²) < 4.78 is 5.30. The zero-order valence-corrected chi connectivity index (χ0v) is 10.6. The first-order chi connectivity index (χ1) is 7.28. The summed E-state index contributed by atoms with van der Waals surface area (Å²) in [5.41, 5.74) is -0.505. The Morgan fingerprint density at radius 2 is 2.19 bits per heavy atom. The molecule has 4 heteroatoms. The minimum Gasteiger partial charge on any atom is -0.444 e. The molecule has 1 saturated carbocycles. The molecular formula is C12H22N2O2. The number of carbonyl (C=O) groups excluding carboxylic acids is 1. The second kappa shape index (κ2) is 3.62. The number of ether oxygens (including phenoxy) is 1. The van der Waals surface area contributed by atoms with Gasteiger partial charge in [-0.2, -0.15) is 0 Å². The summed E-state index contributed by atoms with van der Waals surface area (Å²) in [6.45, 7) is 8.80.